The maximum atomic E-state index is 13.6. The van der Waals surface area contributed by atoms with Gasteiger partial charge in [0.15, 0.2) is 12.9 Å². The number of nitrogens with one attached hydrogen (secondary N) is 3. The highest BCUT2D eigenvalue weighted by Crippen LogP contribution is 2.45. The average Bonchev–Trinajstić information content (AvgIpc) is 3.85. The van der Waals surface area contributed by atoms with E-state index in [-0.39, 0.29) is 87.5 Å². The average molecular weight is 890 g/mol. The van der Waals surface area contributed by atoms with Crippen LogP contribution in [0, 0.1) is 13.8 Å². The Morgan fingerprint density at radius 3 is 2.40 bits per heavy atom. The van der Waals surface area contributed by atoms with Crippen molar-refractivity contribution in [3.05, 3.63) is 97.9 Å². The van der Waals surface area contributed by atoms with Crippen LogP contribution in [0.15, 0.2) is 48.5 Å². The number of rotatable bonds is 18. The number of amides is 6. The van der Waals surface area contributed by atoms with Gasteiger partial charge in [0.2, 0.25) is 11.8 Å². The number of imide groups is 2. The largest absolute Gasteiger partial charge is 0.483 e. The van der Waals surface area contributed by atoms with E-state index in [0.717, 1.165) is 32.2 Å². The number of allylic oxidation sites excluding steroid dienone is 1. The van der Waals surface area contributed by atoms with E-state index >= 15 is 0 Å². The molecule has 1 fully saturated rings. The first-order chi connectivity index (χ1) is 29.9. The van der Waals surface area contributed by atoms with Crippen molar-refractivity contribution in [3.63, 3.8) is 0 Å². The van der Waals surface area contributed by atoms with E-state index in [9.17, 15) is 33.9 Å². The van der Waals surface area contributed by atoms with E-state index in [4.69, 9.17) is 30.5 Å². The normalized spacial score (nSPS) is 17.4. The summed E-state index contributed by atoms with van der Waals surface area (Å²) in [5.74, 6) is -2.43. The number of hydrogen-bond donors (Lipinski definition) is 4. The fourth-order valence-corrected chi connectivity index (χ4v) is 8.90. The van der Waals surface area contributed by atoms with Crippen LogP contribution in [0.1, 0.15) is 83.9 Å². The molecule has 20 heteroatoms. The Morgan fingerprint density at radius 2 is 1.69 bits per heavy atom. The van der Waals surface area contributed by atoms with Crippen LogP contribution < -0.4 is 20.7 Å². The zero-order valence-corrected chi connectivity index (χ0v) is 35.6. The number of nitrogens with zero attached hydrogens (tertiary/aromatic N) is 4. The summed E-state index contributed by atoms with van der Waals surface area (Å²) < 4.78 is 23.9. The number of aliphatic hydroxyl groups excluding tert-OH is 1. The molecule has 1 unspecified atom stereocenters. The SMILES string of the molecule is CO[C@@H](O)C[C@H]1C=C(c2ccc(Cl)cc2)c2c(sc(C(=O)NCCOCCOCCNC(=O)COc3cccc4c3C(=O)N(C3CCC(=O)NC3=O)C4=O)c2C)-n2c(C)nnc21. The molecule has 0 saturated carbocycles. The lowest BCUT2D eigenvalue weighted by Crippen LogP contribution is -2.54. The molecule has 2 aromatic heterocycles. The highest BCUT2D eigenvalue weighted by Gasteiger charge is 2.46. The molecular formula is C42H44ClN7O11S. The lowest BCUT2D eigenvalue weighted by Gasteiger charge is -2.27. The van der Waals surface area contributed by atoms with Crippen LogP contribution in [0.3, 0.4) is 0 Å². The summed E-state index contributed by atoms with van der Waals surface area (Å²) in [5.41, 5.74) is 3.38. The molecule has 0 spiro atoms. The molecule has 6 amide bonds. The van der Waals surface area contributed by atoms with E-state index in [0.29, 0.717) is 21.5 Å². The van der Waals surface area contributed by atoms with Gasteiger partial charge in [0.05, 0.1) is 42.4 Å². The maximum absolute atomic E-state index is 13.6. The third kappa shape index (κ3) is 9.32. The van der Waals surface area contributed by atoms with Gasteiger partial charge in [-0.2, -0.15) is 0 Å². The Hall–Kier alpha value is -5.83. The minimum absolute atomic E-state index is 0.00556. The number of methoxy groups -OCH3 is 1. The Balaban J connectivity index is 0.849. The van der Waals surface area contributed by atoms with E-state index in [1.807, 2.05) is 36.6 Å². The smallest absolute Gasteiger partial charge is 0.266 e. The Labute approximate surface area is 364 Å². The van der Waals surface area contributed by atoms with Gasteiger partial charge in [0.1, 0.15) is 28.4 Å². The molecule has 0 radical (unpaired) electrons. The van der Waals surface area contributed by atoms with Gasteiger partial charge in [0.25, 0.3) is 23.6 Å². The number of fused-ring (bicyclic) bond motifs is 4. The second-order valence-corrected chi connectivity index (χ2v) is 16.0. The number of aliphatic hydroxyl groups is 1. The van der Waals surface area contributed by atoms with Gasteiger partial charge in [-0.3, -0.25) is 43.6 Å². The third-order valence-electron chi connectivity index (χ3n) is 10.5. The van der Waals surface area contributed by atoms with Crippen molar-refractivity contribution < 1.29 is 52.8 Å². The number of carbonyl (C=O) groups excluding carboxylic acids is 6. The Bertz CT molecular complexity index is 2430. The van der Waals surface area contributed by atoms with Crippen LogP contribution in [0.4, 0.5) is 0 Å². The van der Waals surface area contributed by atoms with Crippen LogP contribution in [0.2, 0.25) is 5.02 Å². The number of piperidine rings is 1. The van der Waals surface area contributed by atoms with E-state index in [1.165, 1.54) is 36.6 Å². The molecule has 0 aliphatic carbocycles. The Morgan fingerprint density at radius 1 is 0.968 bits per heavy atom. The summed E-state index contributed by atoms with van der Waals surface area (Å²) in [7, 11) is 1.44. The summed E-state index contributed by atoms with van der Waals surface area (Å²) in [6.07, 6.45) is 1.26. The van der Waals surface area contributed by atoms with Gasteiger partial charge in [-0.15, -0.1) is 21.5 Å². The predicted molar refractivity (Wildman–Crippen MR) is 223 cm³/mol. The van der Waals surface area contributed by atoms with Crippen molar-refractivity contribution >= 4 is 64.0 Å². The number of carbonyl (C=O) groups is 6. The molecule has 0 bridgehead atoms. The number of aromatic nitrogens is 3. The third-order valence-corrected chi connectivity index (χ3v) is 12.0. The lowest BCUT2D eigenvalue weighted by molar-refractivity contribution is -0.136. The minimum atomic E-state index is -1.12. The molecule has 62 heavy (non-hydrogen) atoms. The number of hydrogen-bond acceptors (Lipinski definition) is 14. The molecule has 18 nitrogen and oxygen atoms in total. The second-order valence-electron chi connectivity index (χ2n) is 14.5. The second kappa shape index (κ2) is 19.5. The first kappa shape index (κ1) is 44.2. The molecule has 326 valence electrons. The first-order valence-corrected chi connectivity index (χ1v) is 21.0. The zero-order valence-electron chi connectivity index (χ0n) is 34.0. The minimum Gasteiger partial charge on any atom is -0.483 e. The quantitative estimate of drug-likeness (QED) is 0.0641. The van der Waals surface area contributed by atoms with Crippen LogP contribution in [0.5, 0.6) is 5.75 Å². The van der Waals surface area contributed by atoms with Crippen LogP contribution in [-0.4, -0.2) is 126 Å². The highest BCUT2D eigenvalue weighted by atomic mass is 35.5. The molecule has 2 aromatic carbocycles. The topological polar surface area (TPSA) is 230 Å². The van der Waals surface area contributed by atoms with E-state index in [1.54, 1.807) is 12.1 Å². The fraction of sp³-hybridized carbons (Fsp3) is 0.381. The van der Waals surface area contributed by atoms with E-state index < -0.39 is 48.5 Å². The molecule has 5 heterocycles. The number of halogens is 1. The fourth-order valence-electron chi connectivity index (χ4n) is 7.48. The zero-order chi connectivity index (χ0) is 44.1. The maximum Gasteiger partial charge on any atom is 0.266 e. The lowest BCUT2D eigenvalue weighted by atomic mass is 9.92. The molecule has 4 N–H and O–H groups in total. The van der Waals surface area contributed by atoms with Crippen molar-refractivity contribution in [2.75, 3.05) is 53.2 Å². The molecule has 3 atom stereocenters. The summed E-state index contributed by atoms with van der Waals surface area (Å²) in [6.45, 7) is 4.58. The Kier molecular flexibility index (Phi) is 13.9. The number of thiophene rings is 1. The molecule has 1 saturated heterocycles. The molecular weight excluding hydrogens is 846 g/mol. The van der Waals surface area contributed by atoms with E-state index in [2.05, 4.69) is 26.1 Å². The van der Waals surface area contributed by atoms with Crippen LogP contribution >= 0.6 is 22.9 Å². The predicted octanol–water partition coefficient (Wildman–Crippen LogP) is 2.84. The van der Waals surface area contributed by atoms with Gasteiger partial charge >= 0.3 is 0 Å². The first-order valence-electron chi connectivity index (χ1n) is 19.8. The van der Waals surface area contributed by atoms with Crippen molar-refractivity contribution in [2.24, 2.45) is 0 Å². The number of ether oxygens (including phenoxy) is 4. The summed E-state index contributed by atoms with van der Waals surface area (Å²) in [5, 5.41) is 28.4. The molecule has 3 aliphatic heterocycles. The van der Waals surface area contributed by atoms with Crippen molar-refractivity contribution in [1.82, 2.24) is 35.6 Å². The van der Waals surface area contributed by atoms with Crippen LogP contribution in [-0.2, 0) is 28.6 Å². The summed E-state index contributed by atoms with van der Waals surface area (Å²) in [4.78, 5) is 77.6. The van der Waals surface area contributed by atoms with Gasteiger partial charge in [-0.1, -0.05) is 35.9 Å². The van der Waals surface area contributed by atoms with Crippen molar-refractivity contribution in [3.8, 4) is 10.8 Å². The van der Waals surface area contributed by atoms with Gasteiger partial charge < -0.3 is 34.7 Å². The summed E-state index contributed by atoms with van der Waals surface area (Å²) in [6, 6.07) is 10.7. The van der Waals surface area contributed by atoms with Crippen molar-refractivity contribution in [2.45, 2.75) is 51.4 Å². The molecule has 3 aliphatic rings. The molecule has 4 aromatic rings. The summed E-state index contributed by atoms with van der Waals surface area (Å²) >= 11 is 7.56. The van der Waals surface area contributed by atoms with Gasteiger partial charge in [0, 0.05) is 49.5 Å². The monoisotopic (exact) mass is 889 g/mol. The van der Waals surface area contributed by atoms with Crippen LogP contribution in [0.25, 0.3) is 10.6 Å². The van der Waals surface area contributed by atoms with Crippen molar-refractivity contribution in [1.29, 1.82) is 0 Å². The van der Waals surface area contributed by atoms with Gasteiger partial charge in [-0.05, 0) is 61.2 Å². The standard InChI is InChI=1S/C42H44ClN7O11S/c1-22-34-28(24-7-9-26(43)10-8-24)19-25(20-33(53)58-3)37-48-47-23(2)49(37)42(34)62-36(22)39(55)45-14-16-60-18-17-59-15-13-44-32(52)21-61-30-6-4-5-27-35(30)41(57)50(40(27)56)29-11-12-31(51)46-38(29)54/h4-10,19,25,29,33,53H,11-18,20-21H2,1-3H3,(H,44,52)(H,45,55)(H,46,51,54)/t25-,29?,33-/m1/s1. The number of benzene rings is 2. The number of aryl methyl sites for hydroxylation is 1. The highest BCUT2D eigenvalue weighted by molar-refractivity contribution is 7.17. The molecule has 7 rings (SSSR count). The van der Waals surface area contributed by atoms with Gasteiger partial charge in [-0.25, -0.2) is 0 Å².